The van der Waals surface area contributed by atoms with Crippen LogP contribution in [0.2, 0.25) is 0 Å². The molecule has 0 aliphatic carbocycles. The fraction of sp³-hybridized carbons (Fsp3) is 0.389. The Bertz CT molecular complexity index is 825. The maximum Gasteiger partial charge on any atom is 0.240 e. The van der Waals surface area contributed by atoms with Gasteiger partial charge in [-0.2, -0.15) is 0 Å². The average molecular weight is 362 g/mol. The van der Waals surface area contributed by atoms with Crippen molar-refractivity contribution in [1.29, 1.82) is 0 Å². The van der Waals surface area contributed by atoms with Crippen LogP contribution in [0.4, 0.5) is 0 Å². The second-order valence-electron chi connectivity index (χ2n) is 6.21. The average Bonchev–Trinajstić information content (AvgIpc) is 3.29. The number of sulfonamides is 1. The van der Waals surface area contributed by atoms with E-state index in [-0.39, 0.29) is 23.3 Å². The molecule has 0 amide bonds. The summed E-state index contributed by atoms with van der Waals surface area (Å²) in [5.74, 6) is 0.588. The van der Waals surface area contributed by atoms with E-state index in [1.807, 2.05) is 12.1 Å². The Morgan fingerprint density at radius 3 is 2.64 bits per heavy atom. The first-order valence-electron chi connectivity index (χ1n) is 8.35. The van der Waals surface area contributed by atoms with E-state index >= 15 is 0 Å². The summed E-state index contributed by atoms with van der Waals surface area (Å²) in [6.45, 7) is 3.49. The summed E-state index contributed by atoms with van der Waals surface area (Å²) in [6.07, 6.45) is 3.80. The van der Waals surface area contributed by atoms with Gasteiger partial charge in [-0.15, -0.1) is 0 Å². The zero-order chi connectivity index (χ0) is 17.9. The molecule has 1 atom stereocenters. The number of Topliss-reactive ketones (excluding diaryl/α,β-unsaturated/α-hetero) is 1. The van der Waals surface area contributed by atoms with Crippen LogP contribution >= 0.6 is 0 Å². The van der Waals surface area contributed by atoms with Crippen LogP contribution in [0, 0.1) is 0 Å². The van der Waals surface area contributed by atoms with Gasteiger partial charge in [0.25, 0.3) is 0 Å². The molecule has 2 aromatic rings. The van der Waals surface area contributed by atoms with E-state index in [1.54, 1.807) is 18.4 Å². The lowest BCUT2D eigenvalue weighted by atomic mass is 10.2. The van der Waals surface area contributed by atoms with Crippen LogP contribution in [0.3, 0.4) is 0 Å². The molecular formula is C18H22N2O4S. The van der Waals surface area contributed by atoms with Crippen LogP contribution in [0.25, 0.3) is 0 Å². The Kier molecular flexibility index (Phi) is 5.36. The maximum atomic E-state index is 12.6. The van der Waals surface area contributed by atoms with Crippen molar-refractivity contribution in [2.24, 2.45) is 0 Å². The van der Waals surface area contributed by atoms with E-state index in [0.29, 0.717) is 5.56 Å². The van der Waals surface area contributed by atoms with Gasteiger partial charge in [-0.05, 0) is 57.1 Å². The van der Waals surface area contributed by atoms with E-state index in [1.165, 1.54) is 19.1 Å². The predicted octanol–water partition coefficient (Wildman–Crippen LogP) is 2.60. The Morgan fingerprint density at radius 2 is 2.00 bits per heavy atom. The van der Waals surface area contributed by atoms with Crippen molar-refractivity contribution in [3.05, 3.63) is 54.0 Å². The number of carbonyl (C=O) groups excluding carboxylic acids is 1. The largest absolute Gasteiger partial charge is 0.468 e. The van der Waals surface area contributed by atoms with Crippen LogP contribution in [-0.2, 0) is 10.0 Å². The summed E-state index contributed by atoms with van der Waals surface area (Å²) in [4.78, 5) is 13.8. The van der Waals surface area contributed by atoms with Gasteiger partial charge in [-0.3, -0.25) is 9.69 Å². The summed E-state index contributed by atoms with van der Waals surface area (Å²) in [6, 6.07) is 9.63. The zero-order valence-electron chi connectivity index (χ0n) is 14.1. The minimum atomic E-state index is -3.70. The summed E-state index contributed by atoms with van der Waals surface area (Å²) >= 11 is 0. The molecule has 7 heteroatoms. The van der Waals surface area contributed by atoms with Crippen LogP contribution in [0.1, 0.15) is 41.9 Å². The first kappa shape index (κ1) is 17.8. The van der Waals surface area contributed by atoms with Crippen molar-refractivity contribution >= 4 is 15.8 Å². The van der Waals surface area contributed by atoms with E-state index in [9.17, 15) is 13.2 Å². The number of rotatable bonds is 7. The highest BCUT2D eigenvalue weighted by atomic mass is 32.2. The Morgan fingerprint density at radius 1 is 1.24 bits per heavy atom. The van der Waals surface area contributed by atoms with Gasteiger partial charge < -0.3 is 4.42 Å². The third kappa shape index (κ3) is 4.18. The number of likely N-dealkylation sites (tertiary alicyclic amines) is 1. The first-order chi connectivity index (χ1) is 12.0. The molecule has 25 heavy (non-hydrogen) atoms. The molecule has 1 saturated heterocycles. The predicted molar refractivity (Wildman–Crippen MR) is 93.9 cm³/mol. The lowest BCUT2D eigenvalue weighted by Crippen LogP contribution is -2.36. The molecule has 3 rings (SSSR count). The molecule has 1 unspecified atom stereocenters. The number of hydrogen-bond donors (Lipinski definition) is 1. The quantitative estimate of drug-likeness (QED) is 0.766. The molecule has 0 saturated carbocycles. The summed E-state index contributed by atoms with van der Waals surface area (Å²) in [5, 5.41) is 0. The molecule has 1 N–H and O–H groups in total. The first-order valence-corrected chi connectivity index (χ1v) is 9.84. The van der Waals surface area contributed by atoms with Gasteiger partial charge in [0.1, 0.15) is 5.76 Å². The van der Waals surface area contributed by atoms with Crippen molar-refractivity contribution in [2.75, 3.05) is 19.6 Å². The standard InChI is InChI=1S/C18H22N2O4S/c1-14(21)15-6-4-7-16(12-15)25(22,23)19-13-17(18-8-5-11-24-18)20-9-2-3-10-20/h4-8,11-12,17,19H,2-3,9-10,13H2,1H3. The molecule has 1 fully saturated rings. The topological polar surface area (TPSA) is 79.6 Å². The number of furan rings is 1. The normalized spacial score (nSPS) is 16.8. The molecule has 134 valence electrons. The van der Waals surface area contributed by atoms with Crippen molar-refractivity contribution in [3.8, 4) is 0 Å². The minimum Gasteiger partial charge on any atom is -0.468 e. The molecule has 1 aromatic heterocycles. The van der Waals surface area contributed by atoms with Gasteiger partial charge in [0, 0.05) is 12.1 Å². The number of ketones is 1. The monoisotopic (exact) mass is 362 g/mol. The number of benzene rings is 1. The summed E-state index contributed by atoms with van der Waals surface area (Å²) in [5.41, 5.74) is 0.380. The van der Waals surface area contributed by atoms with Crippen molar-refractivity contribution in [1.82, 2.24) is 9.62 Å². The minimum absolute atomic E-state index is 0.0971. The molecule has 0 bridgehead atoms. The highest BCUT2D eigenvalue weighted by molar-refractivity contribution is 7.89. The lowest BCUT2D eigenvalue weighted by molar-refractivity contribution is 0.101. The second-order valence-corrected chi connectivity index (χ2v) is 7.98. The van der Waals surface area contributed by atoms with Crippen LogP contribution in [-0.4, -0.2) is 38.7 Å². The molecule has 0 spiro atoms. The van der Waals surface area contributed by atoms with Crippen LogP contribution < -0.4 is 4.72 Å². The molecule has 1 aliphatic rings. The van der Waals surface area contributed by atoms with Crippen molar-refractivity contribution < 1.29 is 17.6 Å². The van der Waals surface area contributed by atoms with E-state index < -0.39 is 10.0 Å². The number of nitrogens with zero attached hydrogens (tertiary/aromatic N) is 1. The third-order valence-corrected chi connectivity index (χ3v) is 5.89. The fourth-order valence-electron chi connectivity index (χ4n) is 3.10. The number of hydrogen-bond acceptors (Lipinski definition) is 5. The molecule has 1 aromatic carbocycles. The van der Waals surface area contributed by atoms with Crippen LogP contribution in [0.5, 0.6) is 0 Å². The lowest BCUT2D eigenvalue weighted by Gasteiger charge is -2.26. The molecule has 0 radical (unpaired) electrons. The highest BCUT2D eigenvalue weighted by Gasteiger charge is 2.27. The van der Waals surface area contributed by atoms with Gasteiger partial charge in [-0.25, -0.2) is 13.1 Å². The SMILES string of the molecule is CC(=O)c1cccc(S(=O)(=O)NCC(c2ccco2)N2CCCC2)c1. The smallest absolute Gasteiger partial charge is 0.240 e. The summed E-state index contributed by atoms with van der Waals surface area (Å²) in [7, 11) is -3.70. The van der Waals surface area contributed by atoms with Crippen molar-refractivity contribution in [2.45, 2.75) is 30.7 Å². The summed E-state index contributed by atoms with van der Waals surface area (Å²) < 4.78 is 33.4. The number of nitrogens with one attached hydrogen (secondary N) is 1. The van der Waals surface area contributed by atoms with Gasteiger partial charge in [0.15, 0.2) is 5.78 Å². The Balaban J connectivity index is 1.77. The number of carbonyl (C=O) groups is 1. The maximum absolute atomic E-state index is 12.6. The Hall–Kier alpha value is -1.96. The van der Waals surface area contributed by atoms with Gasteiger partial charge in [0.2, 0.25) is 10.0 Å². The Labute approximate surface area is 147 Å². The van der Waals surface area contributed by atoms with Gasteiger partial charge in [-0.1, -0.05) is 12.1 Å². The van der Waals surface area contributed by atoms with Crippen molar-refractivity contribution in [3.63, 3.8) is 0 Å². The molecule has 2 heterocycles. The molecule has 6 nitrogen and oxygen atoms in total. The van der Waals surface area contributed by atoms with E-state index in [4.69, 9.17) is 4.42 Å². The molecule has 1 aliphatic heterocycles. The zero-order valence-corrected chi connectivity index (χ0v) is 15.0. The second kappa shape index (κ2) is 7.51. The van der Waals surface area contributed by atoms with Gasteiger partial charge >= 0.3 is 0 Å². The molecular weight excluding hydrogens is 340 g/mol. The third-order valence-electron chi connectivity index (χ3n) is 4.47. The van der Waals surface area contributed by atoms with E-state index in [0.717, 1.165) is 31.7 Å². The highest BCUT2D eigenvalue weighted by Crippen LogP contribution is 2.25. The van der Waals surface area contributed by atoms with Crippen LogP contribution in [0.15, 0.2) is 52.0 Å². The van der Waals surface area contributed by atoms with Gasteiger partial charge in [0.05, 0.1) is 17.2 Å². The van der Waals surface area contributed by atoms with E-state index in [2.05, 4.69) is 9.62 Å². The fourth-order valence-corrected chi connectivity index (χ4v) is 4.18.